The first-order valence-corrected chi connectivity index (χ1v) is 5.73. The average molecular weight is 240 g/mol. The molecule has 1 aromatic carbocycles. The van der Waals surface area contributed by atoms with Crippen molar-refractivity contribution in [1.29, 1.82) is 0 Å². The molecule has 4 heteroatoms. The van der Waals surface area contributed by atoms with Crippen molar-refractivity contribution in [2.24, 2.45) is 0 Å². The van der Waals surface area contributed by atoms with E-state index in [0.29, 0.717) is 11.6 Å². The summed E-state index contributed by atoms with van der Waals surface area (Å²) in [6.45, 7) is 2.61. The number of anilines is 1. The third kappa shape index (κ3) is 2.54. The lowest BCUT2D eigenvalue weighted by Crippen LogP contribution is -2.27. The van der Waals surface area contributed by atoms with Gasteiger partial charge in [0.25, 0.3) is 5.91 Å². The summed E-state index contributed by atoms with van der Waals surface area (Å²) in [5, 5.41) is 3.46. The highest BCUT2D eigenvalue weighted by Gasteiger charge is 2.23. The zero-order valence-corrected chi connectivity index (χ0v) is 9.88. The number of hydrogen-bond donors (Lipinski definition) is 1. The molecule has 0 spiro atoms. The molecule has 1 aliphatic rings. The van der Waals surface area contributed by atoms with E-state index >= 15 is 0 Å². The van der Waals surface area contributed by atoms with Crippen LogP contribution < -0.4 is 5.32 Å². The maximum atomic E-state index is 11.8. The SMILES string of the molecule is Cc1ccc(Cl)cc1NC(=O)[C@H]1CCCO1. The number of rotatable bonds is 2. The standard InChI is InChI=1S/C12H14ClNO2/c1-8-4-5-9(13)7-10(8)14-12(15)11-3-2-6-16-11/h4-5,7,11H,2-3,6H2,1H3,(H,14,15)/t11-/m1/s1. The van der Waals surface area contributed by atoms with Crippen molar-refractivity contribution < 1.29 is 9.53 Å². The number of benzene rings is 1. The molecule has 0 radical (unpaired) electrons. The topological polar surface area (TPSA) is 38.3 Å². The normalized spacial score (nSPS) is 19.8. The van der Waals surface area contributed by atoms with E-state index < -0.39 is 0 Å². The number of hydrogen-bond acceptors (Lipinski definition) is 2. The quantitative estimate of drug-likeness (QED) is 0.862. The summed E-state index contributed by atoms with van der Waals surface area (Å²) in [7, 11) is 0. The maximum absolute atomic E-state index is 11.8. The molecule has 0 aliphatic carbocycles. The molecular weight excluding hydrogens is 226 g/mol. The van der Waals surface area contributed by atoms with Gasteiger partial charge in [-0.15, -0.1) is 0 Å². The number of carbonyl (C=O) groups is 1. The number of amides is 1. The molecule has 1 atom stereocenters. The summed E-state index contributed by atoms with van der Waals surface area (Å²) in [5.41, 5.74) is 1.75. The van der Waals surface area contributed by atoms with E-state index in [4.69, 9.17) is 16.3 Å². The highest BCUT2D eigenvalue weighted by Crippen LogP contribution is 2.21. The van der Waals surface area contributed by atoms with Crippen LogP contribution in [-0.2, 0) is 9.53 Å². The monoisotopic (exact) mass is 239 g/mol. The minimum Gasteiger partial charge on any atom is -0.368 e. The lowest BCUT2D eigenvalue weighted by molar-refractivity contribution is -0.124. The molecule has 1 N–H and O–H groups in total. The first-order chi connectivity index (χ1) is 7.66. The lowest BCUT2D eigenvalue weighted by atomic mass is 10.2. The molecule has 0 unspecified atom stereocenters. The molecular formula is C12H14ClNO2. The van der Waals surface area contributed by atoms with Crippen LogP contribution in [0.4, 0.5) is 5.69 Å². The molecule has 1 aliphatic heterocycles. The van der Waals surface area contributed by atoms with Gasteiger partial charge in [0.2, 0.25) is 0 Å². The molecule has 0 aromatic heterocycles. The number of nitrogens with one attached hydrogen (secondary N) is 1. The van der Waals surface area contributed by atoms with Crippen molar-refractivity contribution in [3.05, 3.63) is 28.8 Å². The Kier molecular flexibility index (Phi) is 3.46. The van der Waals surface area contributed by atoms with Crippen LogP contribution in [-0.4, -0.2) is 18.6 Å². The van der Waals surface area contributed by atoms with Crippen molar-refractivity contribution in [2.45, 2.75) is 25.9 Å². The molecule has 16 heavy (non-hydrogen) atoms. The van der Waals surface area contributed by atoms with Crippen LogP contribution in [0.2, 0.25) is 5.02 Å². The second kappa shape index (κ2) is 4.85. The largest absolute Gasteiger partial charge is 0.368 e. The molecule has 0 saturated carbocycles. The van der Waals surface area contributed by atoms with E-state index in [0.717, 1.165) is 24.1 Å². The molecule has 1 amide bonds. The Hall–Kier alpha value is -1.06. The Morgan fingerprint density at radius 3 is 3.06 bits per heavy atom. The van der Waals surface area contributed by atoms with Crippen LogP contribution in [0, 0.1) is 6.92 Å². The van der Waals surface area contributed by atoms with Crippen LogP contribution in [0.1, 0.15) is 18.4 Å². The molecule has 1 fully saturated rings. The summed E-state index contributed by atoms with van der Waals surface area (Å²) >= 11 is 5.88. The van der Waals surface area contributed by atoms with Gasteiger partial charge in [-0.2, -0.15) is 0 Å². The summed E-state index contributed by atoms with van der Waals surface area (Å²) < 4.78 is 5.31. The van der Waals surface area contributed by atoms with Crippen molar-refractivity contribution in [3.8, 4) is 0 Å². The molecule has 2 rings (SSSR count). The van der Waals surface area contributed by atoms with Crippen LogP contribution in [0.25, 0.3) is 0 Å². The molecule has 1 saturated heterocycles. The Balaban J connectivity index is 2.07. The van der Waals surface area contributed by atoms with Gasteiger partial charge in [-0.1, -0.05) is 17.7 Å². The zero-order chi connectivity index (χ0) is 11.5. The molecule has 86 valence electrons. The zero-order valence-electron chi connectivity index (χ0n) is 9.13. The van der Waals surface area contributed by atoms with Crippen LogP contribution in [0.5, 0.6) is 0 Å². The van der Waals surface area contributed by atoms with E-state index in [-0.39, 0.29) is 12.0 Å². The Labute approximate surface area is 99.7 Å². The fourth-order valence-corrected chi connectivity index (χ4v) is 1.90. The van der Waals surface area contributed by atoms with Crippen molar-refractivity contribution >= 4 is 23.2 Å². The maximum Gasteiger partial charge on any atom is 0.253 e. The van der Waals surface area contributed by atoms with Gasteiger partial charge in [0, 0.05) is 17.3 Å². The third-order valence-corrected chi connectivity index (χ3v) is 2.91. The van der Waals surface area contributed by atoms with Gasteiger partial charge < -0.3 is 10.1 Å². The van der Waals surface area contributed by atoms with Gasteiger partial charge >= 0.3 is 0 Å². The summed E-state index contributed by atoms with van der Waals surface area (Å²) in [4.78, 5) is 11.8. The van der Waals surface area contributed by atoms with Gasteiger partial charge in [0.1, 0.15) is 6.10 Å². The predicted octanol–water partition coefficient (Wildman–Crippen LogP) is 2.77. The minimum atomic E-state index is -0.307. The summed E-state index contributed by atoms with van der Waals surface area (Å²) in [5.74, 6) is -0.0807. The minimum absolute atomic E-state index is 0.0807. The smallest absolute Gasteiger partial charge is 0.253 e. The Morgan fingerprint density at radius 2 is 2.38 bits per heavy atom. The highest BCUT2D eigenvalue weighted by atomic mass is 35.5. The first-order valence-electron chi connectivity index (χ1n) is 5.35. The van der Waals surface area contributed by atoms with Gasteiger partial charge in [0.15, 0.2) is 0 Å². The van der Waals surface area contributed by atoms with Gasteiger partial charge in [-0.3, -0.25) is 4.79 Å². The Bertz CT molecular complexity index is 400. The summed E-state index contributed by atoms with van der Waals surface area (Å²) in [6, 6.07) is 5.44. The van der Waals surface area contributed by atoms with Crippen LogP contribution >= 0.6 is 11.6 Å². The average Bonchev–Trinajstić information content (AvgIpc) is 2.76. The van der Waals surface area contributed by atoms with E-state index in [9.17, 15) is 4.79 Å². The fourth-order valence-electron chi connectivity index (χ4n) is 1.73. The Morgan fingerprint density at radius 1 is 1.56 bits per heavy atom. The van der Waals surface area contributed by atoms with Crippen LogP contribution in [0.3, 0.4) is 0 Å². The van der Waals surface area contributed by atoms with E-state index in [1.54, 1.807) is 12.1 Å². The van der Waals surface area contributed by atoms with Crippen LogP contribution in [0.15, 0.2) is 18.2 Å². The van der Waals surface area contributed by atoms with Gasteiger partial charge in [-0.25, -0.2) is 0 Å². The van der Waals surface area contributed by atoms with Gasteiger partial charge in [-0.05, 0) is 37.5 Å². The van der Waals surface area contributed by atoms with Gasteiger partial charge in [0.05, 0.1) is 0 Å². The van der Waals surface area contributed by atoms with E-state index in [1.807, 2.05) is 13.0 Å². The second-order valence-electron chi connectivity index (χ2n) is 3.95. The number of halogens is 1. The lowest BCUT2D eigenvalue weighted by Gasteiger charge is -2.12. The van der Waals surface area contributed by atoms with Crippen molar-refractivity contribution in [1.82, 2.24) is 0 Å². The van der Waals surface area contributed by atoms with E-state index in [2.05, 4.69) is 5.32 Å². The molecule has 1 heterocycles. The fraction of sp³-hybridized carbons (Fsp3) is 0.417. The highest BCUT2D eigenvalue weighted by molar-refractivity contribution is 6.31. The number of aryl methyl sites for hydroxylation is 1. The molecule has 1 aromatic rings. The van der Waals surface area contributed by atoms with Crippen molar-refractivity contribution in [3.63, 3.8) is 0 Å². The number of carbonyl (C=O) groups excluding carboxylic acids is 1. The first kappa shape index (κ1) is 11.4. The van der Waals surface area contributed by atoms with E-state index in [1.165, 1.54) is 0 Å². The predicted molar refractivity (Wildman–Crippen MR) is 63.8 cm³/mol. The number of ether oxygens (including phenoxy) is 1. The third-order valence-electron chi connectivity index (χ3n) is 2.68. The molecule has 0 bridgehead atoms. The molecule has 3 nitrogen and oxygen atoms in total. The summed E-state index contributed by atoms with van der Waals surface area (Å²) in [6.07, 6.45) is 1.44. The van der Waals surface area contributed by atoms with Crippen molar-refractivity contribution in [2.75, 3.05) is 11.9 Å². The second-order valence-corrected chi connectivity index (χ2v) is 4.39.